The van der Waals surface area contributed by atoms with Crippen molar-refractivity contribution in [1.82, 2.24) is 4.57 Å². The first kappa shape index (κ1) is 12.2. The van der Waals surface area contributed by atoms with Gasteiger partial charge >= 0.3 is 0 Å². The van der Waals surface area contributed by atoms with E-state index in [9.17, 15) is 0 Å². The Hall–Kier alpha value is -1.28. The number of hydrogen-bond acceptors (Lipinski definition) is 1. The molecule has 2 nitrogen and oxygen atoms in total. The Labute approximate surface area is 103 Å². The van der Waals surface area contributed by atoms with Crippen molar-refractivity contribution < 1.29 is 0 Å². The summed E-state index contributed by atoms with van der Waals surface area (Å²) in [6.07, 6.45) is 2.16. The summed E-state index contributed by atoms with van der Waals surface area (Å²) in [4.78, 5) is 0. The third-order valence-electron chi connectivity index (χ3n) is 3.56. The van der Waals surface area contributed by atoms with Crippen LogP contribution in [0.3, 0.4) is 0 Å². The van der Waals surface area contributed by atoms with E-state index in [-0.39, 0.29) is 0 Å². The molecule has 0 radical (unpaired) electrons. The van der Waals surface area contributed by atoms with Gasteiger partial charge in [0, 0.05) is 23.1 Å². The summed E-state index contributed by atoms with van der Waals surface area (Å²) in [6, 6.07) is 6.74. The van der Waals surface area contributed by atoms with E-state index < -0.39 is 0 Å². The largest absolute Gasteiger partial charge is 0.345 e. The van der Waals surface area contributed by atoms with Crippen LogP contribution in [0.15, 0.2) is 18.2 Å². The Bertz CT molecular complexity index is 523. The van der Waals surface area contributed by atoms with Crippen molar-refractivity contribution >= 4 is 10.9 Å². The topological polar surface area (TPSA) is 30.9 Å². The number of benzene rings is 1. The molecule has 0 saturated heterocycles. The predicted octanol–water partition coefficient (Wildman–Crippen LogP) is 3.17. The smallest absolute Gasteiger partial charge is 0.0485 e. The van der Waals surface area contributed by atoms with E-state index in [2.05, 4.69) is 43.5 Å². The second-order valence-corrected chi connectivity index (χ2v) is 4.72. The summed E-state index contributed by atoms with van der Waals surface area (Å²) in [7, 11) is 0. The quantitative estimate of drug-likeness (QED) is 0.859. The van der Waals surface area contributed by atoms with Crippen LogP contribution in [0.4, 0.5) is 0 Å². The average molecular weight is 230 g/mol. The van der Waals surface area contributed by atoms with E-state index in [4.69, 9.17) is 5.73 Å². The zero-order chi connectivity index (χ0) is 12.4. The van der Waals surface area contributed by atoms with Gasteiger partial charge in [-0.15, -0.1) is 0 Å². The van der Waals surface area contributed by atoms with Crippen molar-refractivity contribution in [2.75, 3.05) is 6.54 Å². The van der Waals surface area contributed by atoms with Gasteiger partial charge < -0.3 is 10.3 Å². The zero-order valence-electron chi connectivity index (χ0n) is 11.1. The molecule has 0 saturated carbocycles. The summed E-state index contributed by atoms with van der Waals surface area (Å²) >= 11 is 0. The highest BCUT2D eigenvalue weighted by Gasteiger charge is 2.12. The van der Waals surface area contributed by atoms with Gasteiger partial charge in [-0.25, -0.2) is 0 Å². The van der Waals surface area contributed by atoms with Crippen LogP contribution in [-0.4, -0.2) is 11.1 Å². The minimum absolute atomic E-state index is 0.768. The van der Waals surface area contributed by atoms with Gasteiger partial charge in [0.25, 0.3) is 0 Å². The Kier molecular flexibility index (Phi) is 3.53. The first-order valence-corrected chi connectivity index (χ1v) is 6.47. The summed E-state index contributed by atoms with van der Waals surface area (Å²) in [5.41, 5.74) is 11.2. The fraction of sp³-hybridized carbons (Fsp3) is 0.467. The molecular weight excluding hydrogens is 208 g/mol. The first-order valence-electron chi connectivity index (χ1n) is 6.47. The molecule has 2 rings (SSSR count). The molecule has 0 spiro atoms. The Balaban J connectivity index is 2.62. The summed E-state index contributed by atoms with van der Waals surface area (Å²) in [5, 5.41) is 1.41. The maximum Gasteiger partial charge on any atom is 0.0485 e. The molecule has 0 aliphatic heterocycles. The number of rotatable bonds is 4. The zero-order valence-corrected chi connectivity index (χ0v) is 11.1. The van der Waals surface area contributed by atoms with E-state index in [0.29, 0.717) is 0 Å². The van der Waals surface area contributed by atoms with E-state index in [1.165, 1.54) is 27.7 Å². The molecule has 0 aliphatic carbocycles. The van der Waals surface area contributed by atoms with Crippen LogP contribution in [0.2, 0.25) is 0 Å². The lowest BCUT2D eigenvalue weighted by molar-refractivity contribution is 0.752. The summed E-state index contributed by atoms with van der Waals surface area (Å²) in [5.74, 6) is 0. The van der Waals surface area contributed by atoms with E-state index in [0.717, 1.165) is 25.9 Å². The molecule has 0 bridgehead atoms. The van der Waals surface area contributed by atoms with Crippen LogP contribution in [0.25, 0.3) is 10.9 Å². The van der Waals surface area contributed by atoms with E-state index in [1.54, 1.807) is 0 Å². The second-order valence-electron chi connectivity index (χ2n) is 4.72. The van der Waals surface area contributed by atoms with Crippen molar-refractivity contribution in [1.29, 1.82) is 0 Å². The lowest BCUT2D eigenvalue weighted by atomic mass is 10.0. The Morgan fingerprint density at radius 3 is 2.65 bits per heavy atom. The summed E-state index contributed by atoms with van der Waals surface area (Å²) in [6.45, 7) is 8.40. The van der Waals surface area contributed by atoms with Gasteiger partial charge in [-0.2, -0.15) is 0 Å². The van der Waals surface area contributed by atoms with Crippen molar-refractivity contribution in [3.05, 3.63) is 35.0 Å². The number of hydrogen-bond donors (Lipinski definition) is 1. The SMILES string of the molecule is CCn1c(C)c(CCCN)c2cc(C)ccc21. The normalized spacial score (nSPS) is 11.3. The van der Waals surface area contributed by atoms with Gasteiger partial charge in [0.1, 0.15) is 0 Å². The van der Waals surface area contributed by atoms with Crippen LogP contribution in [0, 0.1) is 13.8 Å². The minimum Gasteiger partial charge on any atom is -0.345 e. The van der Waals surface area contributed by atoms with Gasteiger partial charge in [0.05, 0.1) is 0 Å². The molecule has 92 valence electrons. The average Bonchev–Trinajstić information content (AvgIpc) is 2.58. The maximum atomic E-state index is 5.63. The molecule has 1 heterocycles. The van der Waals surface area contributed by atoms with Crippen molar-refractivity contribution in [3.8, 4) is 0 Å². The van der Waals surface area contributed by atoms with Crippen LogP contribution in [0.5, 0.6) is 0 Å². The number of nitrogens with zero attached hydrogens (tertiary/aromatic N) is 1. The van der Waals surface area contributed by atoms with Gasteiger partial charge in [-0.05, 0) is 57.9 Å². The molecular formula is C15H22N2. The van der Waals surface area contributed by atoms with Gasteiger partial charge in [-0.1, -0.05) is 11.6 Å². The molecule has 2 aromatic rings. The molecule has 0 atom stereocenters. The third-order valence-corrected chi connectivity index (χ3v) is 3.56. The molecule has 1 aromatic carbocycles. The molecule has 1 aromatic heterocycles. The number of fused-ring (bicyclic) bond motifs is 1. The van der Waals surface area contributed by atoms with Crippen LogP contribution >= 0.6 is 0 Å². The number of aromatic nitrogens is 1. The first-order chi connectivity index (χ1) is 8.19. The van der Waals surface area contributed by atoms with Crippen LogP contribution < -0.4 is 5.73 Å². The molecule has 0 aliphatic rings. The fourth-order valence-electron chi connectivity index (χ4n) is 2.67. The lowest BCUT2D eigenvalue weighted by Crippen LogP contribution is -2.02. The van der Waals surface area contributed by atoms with Gasteiger partial charge in [0.15, 0.2) is 0 Å². The monoisotopic (exact) mass is 230 g/mol. The molecule has 2 N–H and O–H groups in total. The van der Waals surface area contributed by atoms with E-state index in [1.807, 2.05) is 0 Å². The number of aryl methyl sites for hydroxylation is 3. The fourth-order valence-corrected chi connectivity index (χ4v) is 2.67. The Morgan fingerprint density at radius 2 is 2.00 bits per heavy atom. The van der Waals surface area contributed by atoms with Crippen molar-refractivity contribution in [3.63, 3.8) is 0 Å². The van der Waals surface area contributed by atoms with Crippen LogP contribution in [-0.2, 0) is 13.0 Å². The minimum atomic E-state index is 0.768. The van der Waals surface area contributed by atoms with Crippen LogP contribution in [0.1, 0.15) is 30.2 Å². The third kappa shape index (κ3) is 2.09. The standard InChI is InChI=1S/C15H22N2/c1-4-17-12(3)13(6-5-9-16)14-10-11(2)7-8-15(14)17/h7-8,10H,4-6,9,16H2,1-3H3. The highest BCUT2D eigenvalue weighted by atomic mass is 15.0. The molecule has 0 unspecified atom stereocenters. The van der Waals surface area contributed by atoms with E-state index >= 15 is 0 Å². The molecule has 2 heteroatoms. The second kappa shape index (κ2) is 4.92. The number of nitrogens with two attached hydrogens (primary N) is 1. The molecule has 0 amide bonds. The summed E-state index contributed by atoms with van der Waals surface area (Å²) < 4.78 is 2.40. The lowest BCUT2D eigenvalue weighted by Gasteiger charge is -2.04. The highest BCUT2D eigenvalue weighted by Crippen LogP contribution is 2.27. The maximum absolute atomic E-state index is 5.63. The van der Waals surface area contributed by atoms with Gasteiger partial charge in [-0.3, -0.25) is 0 Å². The van der Waals surface area contributed by atoms with Crippen molar-refractivity contribution in [2.24, 2.45) is 5.73 Å². The molecule has 0 fully saturated rings. The Morgan fingerprint density at radius 1 is 1.24 bits per heavy atom. The highest BCUT2D eigenvalue weighted by molar-refractivity contribution is 5.86. The predicted molar refractivity (Wildman–Crippen MR) is 74.5 cm³/mol. The van der Waals surface area contributed by atoms with Crippen molar-refractivity contribution in [2.45, 2.75) is 40.2 Å². The molecule has 17 heavy (non-hydrogen) atoms. The van der Waals surface area contributed by atoms with Gasteiger partial charge in [0.2, 0.25) is 0 Å².